The molecule has 0 spiro atoms. The molecule has 0 saturated carbocycles. The van der Waals surface area contributed by atoms with Crippen molar-refractivity contribution in [3.05, 3.63) is 35.9 Å². The van der Waals surface area contributed by atoms with Gasteiger partial charge in [-0.15, -0.1) is 0 Å². The summed E-state index contributed by atoms with van der Waals surface area (Å²) < 4.78 is 5.42. The van der Waals surface area contributed by atoms with Crippen LogP contribution in [0.3, 0.4) is 0 Å². The molecule has 1 unspecified atom stereocenters. The molecule has 0 aromatic heterocycles. The van der Waals surface area contributed by atoms with Crippen LogP contribution in [0.15, 0.2) is 30.3 Å². The lowest BCUT2D eigenvalue weighted by Gasteiger charge is -2.45. The van der Waals surface area contributed by atoms with Crippen molar-refractivity contribution < 1.29 is 14.6 Å². The molecule has 0 bridgehead atoms. The van der Waals surface area contributed by atoms with Crippen LogP contribution in [0.5, 0.6) is 0 Å². The predicted molar refractivity (Wildman–Crippen MR) is 77.7 cm³/mol. The molecule has 0 radical (unpaired) electrons. The minimum absolute atomic E-state index is 0.144. The van der Waals surface area contributed by atoms with Gasteiger partial charge in [-0.3, -0.25) is 9.69 Å². The fraction of sp³-hybridized carbons (Fsp3) is 0.562. The largest absolute Gasteiger partial charge is 0.481 e. The second-order valence-electron chi connectivity index (χ2n) is 5.32. The number of morpholine rings is 1. The molecule has 1 heterocycles. The summed E-state index contributed by atoms with van der Waals surface area (Å²) in [6.07, 6.45) is 1.95. The summed E-state index contributed by atoms with van der Waals surface area (Å²) in [4.78, 5) is 13.7. The topological polar surface area (TPSA) is 49.8 Å². The summed E-state index contributed by atoms with van der Waals surface area (Å²) in [7, 11) is 0. The number of hydrogen-bond acceptors (Lipinski definition) is 3. The van der Waals surface area contributed by atoms with E-state index >= 15 is 0 Å². The Kier molecular flexibility index (Phi) is 5.15. The SMILES string of the molecule is CCCC(CC(=O)O)(c1ccccc1)N1CCOCC1. The van der Waals surface area contributed by atoms with E-state index in [0.29, 0.717) is 13.2 Å². The molecule has 1 aromatic carbocycles. The first kappa shape index (κ1) is 15.0. The van der Waals surface area contributed by atoms with E-state index in [1.807, 2.05) is 30.3 Å². The van der Waals surface area contributed by atoms with E-state index in [9.17, 15) is 9.90 Å². The molecule has 1 aliphatic rings. The van der Waals surface area contributed by atoms with Gasteiger partial charge in [-0.2, -0.15) is 0 Å². The fourth-order valence-electron chi connectivity index (χ4n) is 3.19. The molecule has 4 nitrogen and oxygen atoms in total. The van der Waals surface area contributed by atoms with Crippen molar-refractivity contribution in [1.29, 1.82) is 0 Å². The first-order chi connectivity index (χ1) is 9.69. The average Bonchev–Trinajstić information content (AvgIpc) is 2.48. The maximum Gasteiger partial charge on any atom is 0.305 e. The number of rotatable bonds is 6. The smallest absolute Gasteiger partial charge is 0.305 e. The van der Waals surface area contributed by atoms with Gasteiger partial charge in [0.15, 0.2) is 0 Å². The maximum absolute atomic E-state index is 11.4. The number of ether oxygens (including phenoxy) is 1. The van der Waals surface area contributed by atoms with Gasteiger partial charge in [-0.25, -0.2) is 0 Å². The first-order valence-electron chi connectivity index (χ1n) is 7.29. The lowest BCUT2D eigenvalue weighted by Crippen LogP contribution is -2.52. The highest BCUT2D eigenvalue weighted by atomic mass is 16.5. The van der Waals surface area contributed by atoms with Gasteiger partial charge in [0.2, 0.25) is 0 Å². The molecule has 1 fully saturated rings. The third kappa shape index (κ3) is 3.19. The number of hydrogen-bond donors (Lipinski definition) is 1. The van der Waals surface area contributed by atoms with Crippen molar-refractivity contribution >= 4 is 5.97 Å². The number of aliphatic carboxylic acids is 1. The van der Waals surface area contributed by atoms with Crippen molar-refractivity contribution in [3.63, 3.8) is 0 Å². The highest BCUT2D eigenvalue weighted by Crippen LogP contribution is 2.37. The number of benzene rings is 1. The minimum atomic E-state index is -0.742. The molecule has 2 rings (SSSR count). The number of carboxylic acid groups (broad SMARTS) is 1. The molecule has 4 heteroatoms. The second-order valence-corrected chi connectivity index (χ2v) is 5.32. The lowest BCUT2D eigenvalue weighted by atomic mass is 9.80. The lowest BCUT2D eigenvalue weighted by molar-refractivity contribution is -0.142. The van der Waals surface area contributed by atoms with Crippen LogP contribution in [0, 0.1) is 0 Å². The van der Waals surface area contributed by atoms with Crippen LogP contribution in [-0.2, 0) is 15.1 Å². The molecular weight excluding hydrogens is 254 g/mol. The summed E-state index contributed by atoms with van der Waals surface area (Å²) in [6.45, 7) is 5.06. The van der Waals surface area contributed by atoms with Crippen LogP contribution in [-0.4, -0.2) is 42.3 Å². The molecule has 0 amide bonds. The van der Waals surface area contributed by atoms with Gasteiger partial charge < -0.3 is 9.84 Å². The summed E-state index contributed by atoms with van der Waals surface area (Å²) >= 11 is 0. The minimum Gasteiger partial charge on any atom is -0.481 e. The van der Waals surface area contributed by atoms with Crippen LogP contribution in [0.25, 0.3) is 0 Å². The molecule has 110 valence electrons. The van der Waals surface area contributed by atoms with Crippen molar-refractivity contribution in [2.75, 3.05) is 26.3 Å². The van der Waals surface area contributed by atoms with Crippen molar-refractivity contribution in [2.24, 2.45) is 0 Å². The van der Waals surface area contributed by atoms with Gasteiger partial charge in [0, 0.05) is 13.1 Å². The maximum atomic E-state index is 11.4. The van der Waals surface area contributed by atoms with Crippen molar-refractivity contribution in [1.82, 2.24) is 4.90 Å². The summed E-state index contributed by atoms with van der Waals surface area (Å²) in [5.41, 5.74) is 0.692. The van der Waals surface area contributed by atoms with E-state index in [0.717, 1.165) is 31.5 Å². The Morgan fingerprint density at radius 2 is 1.95 bits per heavy atom. The van der Waals surface area contributed by atoms with Crippen LogP contribution >= 0.6 is 0 Å². The number of carboxylic acids is 1. The predicted octanol–water partition coefficient (Wildman–Crippen LogP) is 2.49. The molecular formula is C16H23NO3. The highest BCUT2D eigenvalue weighted by Gasteiger charge is 2.40. The molecule has 1 aliphatic heterocycles. The third-order valence-electron chi connectivity index (χ3n) is 4.03. The highest BCUT2D eigenvalue weighted by molar-refractivity contribution is 5.69. The Morgan fingerprint density at radius 3 is 2.50 bits per heavy atom. The van der Waals surface area contributed by atoms with Crippen LogP contribution in [0.1, 0.15) is 31.7 Å². The zero-order valence-corrected chi connectivity index (χ0v) is 12.0. The normalized spacial score (nSPS) is 19.4. The van der Waals surface area contributed by atoms with Crippen LogP contribution in [0.2, 0.25) is 0 Å². The van der Waals surface area contributed by atoms with E-state index in [4.69, 9.17) is 4.74 Å². The fourth-order valence-corrected chi connectivity index (χ4v) is 3.19. The molecule has 0 aliphatic carbocycles. The van der Waals surface area contributed by atoms with Crippen LogP contribution < -0.4 is 0 Å². The molecule has 20 heavy (non-hydrogen) atoms. The standard InChI is InChI=1S/C16H23NO3/c1-2-8-16(13-15(18)19,14-6-4-3-5-7-14)17-9-11-20-12-10-17/h3-7H,2,8-13H2,1H3,(H,18,19). The van der Waals surface area contributed by atoms with E-state index in [1.165, 1.54) is 0 Å². The first-order valence-corrected chi connectivity index (χ1v) is 7.29. The van der Waals surface area contributed by atoms with Gasteiger partial charge in [0.25, 0.3) is 0 Å². The number of carbonyl (C=O) groups is 1. The van der Waals surface area contributed by atoms with E-state index in [2.05, 4.69) is 11.8 Å². The van der Waals surface area contributed by atoms with Gasteiger partial charge >= 0.3 is 5.97 Å². The van der Waals surface area contributed by atoms with Crippen molar-refractivity contribution in [2.45, 2.75) is 31.7 Å². The molecule has 1 N–H and O–H groups in total. The Bertz CT molecular complexity index is 429. The molecule has 1 saturated heterocycles. The zero-order valence-electron chi connectivity index (χ0n) is 12.0. The van der Waals surface area contributed by atoms with Crippen molar-refractivity contribution in [3.8, 4) is 0 Å². The van der Waals surface area contributed by atoms with E-state index in [-0.39, 0.29) is 6.42 Å². The van der Waals surface area contributed by atoms with E-state index in [1.54, 1.807) is 0 Å². The Hall–Kier alpha value is -1.39. The molecule has 1 aromatic rings. The third-order valence-corrected chi connectivity index (χ3v) is 4.03. The van der Waals surface area contributed by atoms with Gasteiger partial charge in [-0.1, -0.05) is 43.7 Å². The second kappa shape index (κ2) is 6.86. The Labute approximate surface area is 120 Å². The quantitative estimate of drug-likeness (QED) is 0.868. The van der Waals surface area contributed by atoms with Crippen LogP contribution in [0.4, 0.5) is 0 Å². The van der Waals surface area contributed by atoms with E-state index < -0.39 is 11.5 Å². The summed E-state index contributed by atoms with van der Waals surface area (Å²) in [5, 5.41) is 9.41. The van der Waals surface area contributed by atoms with Gasteiger partial charge in [0.1, 0.15) is 0 Å². The van der Waals surface area contributed by atoms with Gasteiger partial charge in [-0.05, 0) is 12.0 Å². The molecule has 1 atom stereocenters. The Morgan fingerprint density at radius 1 is 1.30 bits per heavy atom. The summed E-state index contributed by atoms with van der Waals surface area (Å²) in [6, 6.07) is 10.0. The average molecular weight is 277 g/mol. The zero-order chi connectivity index (χ0) is 14.4. The monoisotopic (exact) mass is 277 g/mol. The summed E-state index contributed by atoms with van der Waals surface area (Å²) in [5.74, 6) is -0.742. The Balaban J connectivity index is 2.40. The number of nitrogens with zero attached hydrogens (tertiary/aromatic N) is 1. The van der Waals surface area contributed by atoms with Gasteiger partial charge in [0.05, 0.1) is 25.2 Å².